The molecule has 0 heterocycles. The number of ether oxygens (including phenoxy) is 1. The van der Waals surface area contributed by atoms with E-state index in [9.17, 15) is 14.7 Å². The lowest BCUT2D eigenvalue weighted by molar-refractivity contribution is -0.161. The quantitative estimate of drug-likeness (QED) is 0.844. The number of rotatable bonds is 3. The molecule has 4 nitrogen and oxygen atoms in total. The highest BCUT2D eigenvalue weighted by molar-refractivity contribution is 9.10. The Morgan fingerprint density at radius 1 is 1.19 bits per heavy atom. The third kappa shape index (κ3) is 3.28. The number of carbonyl (C=O) groups is 2. The molecule has 0 aliphatic heterocycles. The second-order valence-electron chi connectivity index (χ2n) is 5.63. The number of carboxylic acids is 1. The van der Waals surface area contributed by atoms with Gasteiger partial charge in [0.1, 0.15) is 0 Å². The molecule has 114 valence electrons. The number of benzene rings is 1. The fourth-order valence-electron chi connectivity index (χ4n) is 3.33. The molecule has 1 aromatic carbocycles. The third-order valence-electron chi connectivity index (χ3n) is 4.42. The van der Waals surface area contributed by atoms with Crippen molar-refractivity contribution < 1.29 is 19.4 Å². The molecule has 1 aliphatic rings. The fourth-order valence-corrected chi connectivity index (χ4v) is 3.60. The maximum Gasteiger partial charge on any atom is 0.310 e. The molecule has 1 aromatic rings. The minimum atomic E-state index is -0.917. The largest absolute Gasteiger partial charge is 0.481 e. The van der Waals surface area contributed by atoms with Gasteiger partial charge in [-0.15, -0.1) is 0 Å². The van der Waals surface area contributed by atoms with Crippen molar-refractivity contribution in [3.05, 3.63) is 34.3 Å². The topological polar surface area (TPSA) is 63.6 Å². The molecule has 1 aliphatic carbocycles. The van der Waals surface area contributed by atoms with E-state index in [0.29, 0.717) is 0 Å². The zero-order chi connectivity index (χ0) is 15.6. The minimum Gasteiger partial charge on any atom is -0.481 e. The van der Waals surface area contributed by atoms with Gasteiger partial charge in [-0.2, -0.15) is 0 Å². The first-order valence-corrected chi connectivity index (χ1v) is 7.81. The van der Waals surface area contributed by atoms with Crippen LogP contribution >= 0.6 is 15.9 Å². The van der Waals surface area contributed by atoms with Gasteiger partial charge in [-0.1, -0.05) is 35.0 Å². The Kier molecular flexibility index (Phi) is 5.04. The van der Waals surface area contributed by atoms with E-state index >= 15 is 0 Å². The highest BCUT2D eigenvalue weighted by Crippen LogP contribution is 2.45. The molecule has 1 saturated carbocycles. The average molecular weight is 355 g/mol. The summed E-state index contributed by atoms with van der Waals surface area (Å²) in [6.07, 6.45) is 1.59. The van der Waals surface area contributed by atoms with E-state index in [1.54, 1.807) is 0 Å². The third-order valence-corrected chi connectivity index (χ3v) is 4.95. The van der Waals surface area contributed by atoms with Crippen LogP contribution in [0.1, 0.15) is 31.2 Å². The summed E-state index contributed by atoms with van der Waals surface area (Å²) in [6.45, 7) is 1.90. The molecule has 1 fully saturated rings. The van der Waals surface area contributed by atoms with Gasteiger partial charge in [-0.3, -0.25) is 9.59 Å². The molecule has 0 saturated heterocycles. The summed E-state index contributed by atoms with van der Waals surface area (Å²) in [6, 6.07) is 7.72. The van der Waals surface area contributed by atoms with Crippen LogP contribution in [0.4, 0.5) is 0 Å². The predicted octanol–water partition coefficient (Wildman–Crippen LogP) is 3.45. The highest BCUT2D eigenvalue weighted by Gasteiger charge is 2.46. The van der Waals surface area contributed by atoms with Gasteiger partial charge in [0.15, 0.2) is 0 Å². The van der Waals surface area contributed by atoms with Crippen molar-refractivity contribution in [3.63, 3.8) is 0 Å². The van der Waals surface area contributed by atoms with E-state index in [1.165, 1.54) is 7.11 Å². The van der Waals surface area contributed by atoms with E-state index in [4.69, 9.17) is 4.74 Å². The maximum atomic E-state index is 12.2. The van der Waals surface area contributed by atoms with Crippen LogP contribution in [0, 0.1) is 17.8 Å². The van der Waals surface area contributed by atoms with Crippen molar-refractivity contribution in [2.24, 2.45) is 17.8 Å². The number of esters is 1. The van der Waals surface area contributed by atoms with Gasteiger partial charge < -0.3 is 9.84 Å². The smallest absolute Gasteiger partial charge is 0.310 e. The molecule has 0 aromatic heterocycles. The molecule has 1 N–H and O–H groups in total. The molecule has 0 amide bonds. The number of hydrogen-bond donors (Lipinski definition) is 1. The van der Waals surface area contributed by atoms with Crippen molar-refractivity contribution in [2.75, 3.05) is 7.11 Å². The van der Waals surface area contributed by atoms with Crippen molar-refractivity contribution >= 4 is 27.9 Å². The van der Waals surface area contributed by atoms with Crippen LogP contribution in [0.25, 0.3) is 0 Å². The van der Waals surface area contributed by atoms with Crippen LogP contribution in [-0.4, -0.2) is 24.2 Å². The number of halogens is 1. The molecular weight excluding hydrogens is 336 g/mol. The van der Waals surface area contributed by atoms with Crippen molar-refractivity contribution in [3.8, 4) is 0 Å². The van der Waals surface area contributed by atoms with Crippen LogP contribution < -0.4 is 0 Å². The van der Waals surface area contributed by atoms with Gasteiger partial charge in [0.25, 0.3) is 0 Å². The van der Waals surface area contributed by atoms with Gasteiger partial charge in [-0.05, 0) is 42.4 Å². The lowest BCUT2D eigenvalue weighted by Gasteiger charge is -2.38. The van der Waals surface area contributed by atoms with Crippen LogP contribution in [0.5, 0.6) is 0 Å². The normalized spacial score (nSPS) is 28.9. The minimum absolute atomic E-state index is 0.0294. The van der Waals surface area contributed by atoms with Crippen LogP contribution in [0.3, 0.4) is 0 Å². The Bertz CT molecular complexity index is 526. The number of carboxylic acid groups (broad SMARTS) is 1. The number of methoxy groups -OCH3 is 1. The standard InChI is InChI=1S/C16H19BrO4/c1-9-3-8-12(10-4-6-11(17)7-5-10)14(16(20)21-2)13(9)15(18)19/h4-7,9,12-14H,3,8H2,1-2H3,(H,18,19). The summed E-state index contributed by atoms with van der Waals surface area (Å²) in [7, 11) is 1.32. The lowest BCUT2D eigenvalue weighted by atomic mass is 9.65. The van der Waals surface area contributed by atoms with Crippen LogP contribution in [0.15, 0.2) is 28.7 Å². The molecule has 4 atom stereocenters. The zero-order valence-corrected chi connectivity index (χ0v) is 13.7. The van der Waals surface area contributed by atoms with E-state index in [0.717, 1.165) is 22.9 Å². The first kappa shape index (κ1) is 16.0. The van der Waals surface area contributed by atoms with Crippen molar-refractivity contribution in [1.29, 1.82) is 0 Å². The highest BCUT2D eigenvalue weighted by atomic mass is 79.9. The molecule has 21 heavy (non-hydrogen) atoms. The van der Waals surface area contributed by atoms with Crippen molar-refractivity contribution in [2.45, 2.75) is 25.7 Å². The number of carbonyl (C=O) groups excluding carboxylic acids is 1. The Balaban J connectivity index is 2.40. The number of aliphatic carboxylic acids is 1. The van der Waals surface area contributed by atoms with E-state index in [2.05, 4.69) is 15.9 Å². The van der Waals surface area contributed by atoms with E-state index in [-0.39, 0.29) is 11.8 Å². The summed E-state index contributed by atoms with van der Waals surface area (Å²) < 4.78 is 5.84. The SMILES string of the molecule is COC(=O)C1C(c2ccc(Br)cc2)CCC(C)C1C(=O)O. The Morgan fingerprint density at radius 3 is 2.33 bits per heavy atom. The summed E-state index contributed by atoms with van der Waals surface area (Å²) in [5.41, 5.74) is 0.992. The molecule has 5 heteroatoms. The Labute approximate surface area is 132 Å². The lowest BCUT2D eigenvalue weighted by Crippen LogP contribution is -2.42. The van der Waals surface area contributed by atoms with Gasteiger partial charge in [0, 0.05) is 4.47 Å². The Morgan fingerprint density at radius 2 is 1.81 bits per heavy atom. The van der Waals surface area contributed by atoms with E-state index < -0.39 is 23.8 Å². The van der Waals surface area contributed by atoms with Crippen LogP contribution in [0.2, 0.25) is 0 Å². The second kappa shape index (κ2) is 6.60. The molecule has 0 bridgehead atoms. The zero-order valence-electron chi connectivity index (χ0n) is 12.1. The second-order valence-corrected chi connectivity index (χ2v) is 6.54. The monoisotopic (exact) mass is 354 g/mol. The fraction of sp³-hybridized carbons (Fsp3) is 0.500. The molecule has 0 spiro atoms. The Hall–Kier alpha value is -1.36. The first-order valence-electron chi connectivity index (χ1n) is 7.01. The predicted molar refractivity (Wildman–Crippen MR) is 81.9 cm³/mol. The molecule has 2 rings (SSSR count). The number of hydrogen-bond acceptors (Lipinski definition) is 3. The summed E-state index contributed by atoms with van der Waals surface area (Å²) in [5, 5.41) is 9.52. The summed E-state index contributed by atoms with van der Waals surface area (Å²) in [5.74, 6) is -2.81. The van der Waals surface area contributed by atoms with Gasteiger partial charge >= 0.3 is 11.9 Å². The van der Waals surface area contributed by atoms with Gasteiger partial charge in [0.2, 0.25) is 0 Å². The molecule has 0 radical (unpaired) electrons. The van der Waals surface area contributed by atoms with Crippen molar-refractivity contribution in [1.82, 2.24) is 0 Å². The molecular formula is C16H19BrO4. The first-order chi connectivity index (χ1) is 9.95. The average Bonchev–Trinajstić information content (AvgIpc) is 2.46. The maximum absolute atomic E-state index is 12.2. The van der Waals surface area contributed by atoms with Gasteiger partial charge in [-0.25, -0.2) is 0 Å². The molecule has 4 unspecified atom stereocenters. The van der Waals surface area contributed by atoms with Gasteiger partial charge in [0.05, 0.1) is 18.9 Å². The summed E-state index contributed by atoms with van der Waals surface area (Å²) >= 11 is 3.39. The summed E-state index contributed by atoms with van der Waals surface area (Å²) in [4.78, 5) is 23.8. The van der Waals surface area contributed by atoms with E-state index in [1.807, 2.05) is 31.2 Å². The van der Waals surface area contributed by atoms with Crippen LogP contribution in [-0.2, 0) is 14.3 Å².